The highest BCUT2D eigenvalue weighted by Crippen LogP contribution is 2.27. The predicted molar refractivity (Wildman–Crippen MR) is 108 cm³/mol. The second-order valence-electron chi connectivity index (χ2n) is 6.41. The van der Waals surface area contributed by atoms with E-state index < -0.39 is 4.92 Å². The molecule has 0 saturated carbocycles. The van der Waals surface area contributed by atoms with Gasteiger partial charge in [0.2, 0.25) is 5.91 Å². The van der Waals surface area contributed by atoms with E-state index in [4.69, 9.17) is 11.6 Å². The van der Waals surface area contributed by atoms with Gasteiger partial charge in [0.1, 0.15) is 5.02 Å². The molecule has 0 aliphatic carbocycles. The number of nitrogens with zero attached hydrogens (tertiary/aromatic N) is 3. The van der Waals surface area contributed by atoms with Crippen molar-refractivity contribution in [3.63, 3.8) is 0 Å². The lowest BCUT2D eigenvalue weighted by Crippen LogP contribution is -2.37. The smallest absolute Gasteiger partial charge is 0.289 e. The van der Waals surface area contributed by atoms with Crippen LogP contribution >= 0.6 is 22.9 Å². The van der Waals surface area contributed by atoms with Gasteiger partial charge in [0.05, 0.1) is 17.0 Å². The molecular formula is C18H19ClN4O4S. The Hall–Kier alpha value is -2.49. The minimum absolute atomic E-state index is 0.0148. The molecule has 0 radical (unpaired) electrons. The maximum Gasteiger partial charge on any atom is 0.289 e. The molecule has 1 fully saturated rings. The summed E-state index contributed by atoms with van der Waals surface area (Å²) in [6.45, 7) is 2.63. The second kappa shape index (κ2) is 9.13. The van der Waals surface area contributed by atoms with Gasteiger partial charge in [-0.25, -0.2) is 0 Å². The molecule has 0 bridgehead atoms. The van der Waals surface area contributed by atoms with Crippen molar-refractivity contribution in [2.24, 2.45) is 0 Å². The molecule has 28 heavy (non-hydrogen) atoms. The molecule has 8 nitrogen and oxygen atoms in total. The molecule has 10 heteroatoms. The summed E-state index contributed by atoms with van der Waals surface area (Å²) in [5.41, 5.74) is 0.766. The average Bonchev–Trinajstić information content (AvgIpc) is 3.10. The summed E-state index contributed by atoms with van der Waals surface area (Å²) in [5.74, 6) is -0.254. The summed E-state index contributed by atoms with van der Waals surface area (Å²) >= 11 is 7.27. The maximum atomic E-state index is 12.5. The van der Waals surface area contributed by atoms with Crippen LogP contribution < -0.4 is 5.32 Å². The third kappa shape index (κ3) is 5.06. The third-order valence-electron chi connectivity index (χ3n) is 4.44. The first-order valence-electron chi connectivity index (χ1n) is 8.71. The molecule has 2 heterocycles. The Morgan fingerprint density at radius 2 is 2.04 bits per heavy atom. The minimum atomic E-state index is -0.591. The van der Waals surface area contributed by atoms with Gasteiger partial charge < -0.3 is 10.2 Å². The Morgan fingerprint density at radius 1 is 1.21 bits per heavy atom. The monoisotopic (exact) mass is 422 g/mol. The number of hydrogen-bond donors (Lipinski definition) is 1. The highest BCUT2D eigenvalue weighted by atomic mass is 35.5. The van der Waals surface area contributed by atoms with Gasteiger partial charge in [-0.05, 0) is 30.0 Å². The van der Waals surface area contributed by atoms with Crippen LogP contribution in [0.4, 0.5) is 11.4 Å². The van der Waals surface area contributed by atoms with Gasteiger partial charge in [-0.3, -0.25) is 24.6 Å². The fraction of sp³-hybridized carbons (Fsp3) is 0.333. The highest BCUT2D eigenvalue weighted by molar-refractivity contribution is 7.08. The average molecular weight is 423 g/mol. The van der Waals surface area contributed by atoms with E-state index in [-0.39, 0.29) is 29.1 Å². The number of rotatable bonds is 5. The van der Waals surface area contributed by atoms with Crippen LogP contribution in [-0.4, -0.2) is 59.3 Å². The van der Waals surface area contributed by atoms with Gasteiger partial charge in [0.15, 0.2) is 0 Å². The normalized spacial score (nSPS) is 15.1. The van der Waals surface area contributed by atoms with E-state index in [9.17, 15) is 19.7 Å². The highest BCUT2D eigenvalue weighted by Gasteiger charge is 2.22. The van der Waals surface area contributed by atoms with Gasteiger partial charge in [0.25, 0.3) is 11.6 Å². The molecule has 1 aliphatic rings. The first-order chi connectivity index (χ1) is 13.4. The summed E-state index contributed by atoms with van der Waals surface area (Å²) in [4.78, 5) is 38.9. The van der Waals surface area contributed by atoms with Crippen LogP contribution in [0.15, 0.2) is 35.0 Å². The Kier molecular flexibility index (Phi) is 6.61. The van der Waals surface area contributed by atoms with E-state index >= 15 is 0 Å². The topological polar surface area (TPSA) is 95.8 Å². The van der Waals surface area contributed by atoms with Crippen LogP contribution in [0.1, 0.15) is 16.8 Å². The van der Waals surface area contributed by atoms with Gasteiger partial charge in [0, 0.05) is 43.3 Å². The first kappa shape index (κ1) is 20.2. The number of carbonyl (C=O) groups is 2. The van der Waals surface area contributed by atoms with Crippen molar-refractivity contribution in [2.45, 2.75) is 6.42 Å². The predicted octanol–water partition coefficient (Wildman–Crippen LogP) is 3.10. The van der Waals surface area contributed by atoms with Crippen molar-refractivity contribution < 1.29 is 14.5 Å². The van der Waals surface area contributed by atoms with Crippen molar-refractivity contribution in [2.75, 3.05) is 38.0 Å². The second-order valence-corrected chi connectivity index (χ2v) is 7.59. The van der Waals surface area contributed by atoms with E-state index in [1.807, 2.05) is 26.6 Å². The zero-order chi connectivity index (χ0) is 20.1. The van der Waals surface area contributed by atoms with Crippen molar-refractivity contribution in [3.05, 3.63) is 55.7 Å². The number of carbonyl (C=O) groups excluding carboxylic acids is 2. The molecule has 0 atom stereocenters. The Bertz CT molecular complexity index is 874. The van der Waals surface area contributed by atoms with Gasteiger partial charge in [-0.1, -0.05) is 11.6 Å². The van der Waals surface area contributed by atoms with Crippen LogP contribution in [0, 0.1) is 10.1 Å². The molecule has 148 valence electrons. The zero-order valence-electron chi connectivity index (χ0n) is 15.0. The fourth-order valence-corrected chi connectivity index (χ4v) is 3.85. The summed E-state index contributed by atoms with van der Waals surface area (Å²) in [5, 5.41) is 17.4. The number of benzene rings is 1. The SMILES string of the molecule is O=C(CN1CCCN(C(=O)c2ccsc2)CC1)Nc1ccc(Cl)c([N+](=O)[O-])c1. The molecule has 1 N–H and O–H groups in total. The third-order valence-corrected chi connectivity index (χ3v) is 5.44. The van der Waals surface area contributed by atoms with E-state index in [1.165, 1.54) is 29.5 Å². The fourth-order valence-electron chi connectivity index (χ4n) is 3.03. The summed E-state index contributed by atoms with van der Waals surface area (Å²) in [6.07, 6.45) is 0.773. The van der Waals surface area contributed by atoms with Crippen LogP contribution in [-0.2, 0) is 4.79 Å². The lowest BCUT2D eigenvalue weighted by molar-refractivity contribution is -0.384. The van der Waals surface area contributed by atoms with E-state index in [1.54, 1.807) is 0 Å². The molecule has 1 aromatic heterocycles. The Morgan fingerprint density at radius 3 is 2.75 bits per heavy atom. The van der Waals surface area contributed by atoms with Gasteiger partial charge in [-0.2, -0.15) is 11.3 Å². The number of thiophene rings is 1. The van der Waals surface area contributed by atoms with Crippen molar-refractivity contribution in [1.82, 2.24) is 9.80 Å². The van der Waals surface area contributed by atoms with Crippen LogP contribution in [0.3, 0.4) is 0 Å². The molecule has 1 aliphatic heterocycles. The Labute approximate surface area is 170 Å². The van der Waals surface area contributed by atoms with Crippen molar-refractivity contribution in [1.29, 1.82) is 0 Å². The molecule has 2 amide bonds. The zero-order valence-corrected chi connectivity index (χ0v) is 16.5. The molecule has 1 aromatic carbocycles. The standard InChI is InChI=1S/C18H19ClN4O4S/c19-15-3-2-14(10-16(15)23(26)27)20-17(24)11-21-5-1-6-22(8-7-21)18(25)13-4-9-28-12-13/h2-4,9-10,12H,1,5-8,11H2,(H,20,24). The molecule has 3 rings (SSSR count). The number of nitrogens with one attached hydrogen (secondary N) is 1. The molecule has 0 spiro atoms. The van der Waals surface area contributed by atoms with Gasteiger partial charge in [-0.15, -0.1) is 0 Å². The van der Waals surface area contributed by atoms with Crippen molar-refractivity contribution in [3.8, 4) is 0 Å². The quantitative estimate of drug-likeness (QED) is 0.590. The summed E-state index contributed by atoms with van der Waals surface area (Å²) in [7, 11) is 0. The lowest BCUT2D eigenvalue weighted by Gasteiger charge is -2.21. The Balaban J connectivity index is 1.54. The van der Waals surface area contributed by atoms with E-state index in [0.29, 0.717) is 37.4 Å². The minimum Gasteiger partial charge on any atom is -0.337 e. The number of nitro benzene ring substituents is 1. The van der Waals surface area contributed by atoms with Crippen molar-refractivity contribution >= 4 is 46.1 Å². The first-order valence-corrected chi connectivity index (χ1v) is 10.0. The summed E-state index contributed by atoms with van der Waals surface area (Å²) in [6, 6.07) is 5.96. The number of hydrogen-bond acceptors (Lipinski definition) is 6. The number of halogens is 1. The maximum absolute atomic E-state index is 12.5. The largest absolute Gasteiger partial charge is 0.337 e. The number of amides is 2. The molecule has 1 saturated heterocycles. The van der Waals surface area contributed by atoms with E-state index in [2.05, 4.69) is 5.32 Å². The lowest BCUT2D eigenvalue weighted by atomic mass is 10.2. The van der Waals surface area contributed by atoms with Gasteiger partial charge >= 0.3 is 0 Å². The van der Waals surface area contributed by atoms with Crippen LogP contribution in [0.5, 0.6) is 0 Å². The van der Waals surface area contributed by atoms with Crippen LogP contribution in [0.2, 0.25) is 5.02 Å². The van der Waals surface area contributed by atoms with E-state index in [0.717, 1.165) is 6.42 Å². The molecule has 0 unspecified atom stereocenters. The molecule has 2 aromatic rings. The molecular weight excluding hydrogens is 404 g/mol. The summed E-state index contributed by atoms with van der Waals surface area (Å²) < 4.78 is 0. The number of nitro groups is 1. The number of anilines is 1. The van der Waals surface area contributed by atoms with Crippen LogP contribution in [0.25, 0.3) is 0 Å².